The van der Waals surface area contributed by atoms with E-state index in [9.17, 15) is 4.79 Å². The van der Waals surface area contributed by atoms with E-state index in [1.807, 2.05) is 0 Å². The molecule has 1 heterocycles. The minimum Gasteiger partial charge on any atom is -0.312 e. The lowest BCUT2D eigenvalue weighted by atomic mass is 9.88. The van der Waals surface area contributed by atoms with Crippen molar-refractivity contribution in [1.82, 2.24) is 0 Å². The fraction of sp³-hybridized carbons (Fsp3) is 0.588. The van der Waals surface area contributed by atoms with Crippen LogP contribution >= 0.6 is 0 Å². The predicted molar refractivity (Wildman–Crippen MR) is 78.4 cm³/mol. The van der Waals surface area contributed by atoms with Gasteiger partial charge in [0.1, 0.15) is 0 Å². The Morgan fingerprint density at radius 3 is 2.74 bits per heavy atom. The fourth-order valence-corrected chi connectivity index (χ4v) is 3.48. The van der Waals surface area contributed by atoms with Gasteiger partial charge in [-0.3, -0.25) is 4.79 Å². The summed E-state index contributed by atoms with van der Waals surface area (Å²) in [4.78, 5) is 14.3. The molecule has 1 aromatic carbocycles. The molecular weight excluding hydrogens is 234 g/mol. The minimum absolute atomic E-state index is 0.323. The van der Waals surface area contributed by atoms with Crippen molar-refractivity contribution >= 4 is 11.6 Å². The number of carbonyl (C=O) groups excluding carboxylic acids is 1. The maximum absolute atomic E-state index is 12.3. The van der Waals surface area contributed by atoms with Crippen molar-refractivity contribution in [3.63, 3.8) is 0 Å². The molecule has 102 valence electrons. The molecule has 1 aliphatic carbocycles. The number of hydrogen-bond donors (Lipinski definition) is 0. The Labute approximate surface area is 115 Å². The molecule has 2 aliphatic rings. The number of benzene rings is 1. The number of amides is 1. The van der Waals surface area contributed by atoms with E-state index in [0.717, 1.165) is 13.0 Å². The molecule has 2 heteroatoms. The molecule has 0 radical (unpaired) electrons. The SMILES string of the molecule is Cc1ccc2c(c1)N(CC1CCCCC1)C(=O)CC2. The standard InChI is InChI=1S/C17H23NO/c1-13-7-8-15-9-10-17(19)18(16(15)11-13)12-14-5-3-2-4-6-14/h7-8,11,14H,2-6,9-10,12H2,1H3. The molecule has 1 amide bonds. The number of anilines is 1. The topological polar surface area (TPSA) is 20.3 Å². The predicted octanol–water partition coefficient (Wildman–Crippen LogP) is 3.85. The molecule has 0 spiro atoms. The Morgan fingerprint density at radius 1 is 1.16 bits per heavy atom. The molecule has 19 heavy (non-hydrogen) atoms. The van der Waals surface area contributed by atoms with Gasteiger partial charge >= 0.3 is 0 Å². The third kappa shape index (κ3) is 2.68. The van der Waals surface area contributed by atoms with Crippen molar-refractivity contribution in [3.05, 3.63) is 29.3 Å². The van der Waals surface area contributed by atoms with E-state index < -0.39 is 0 Å². The van der Waals surface area contributed by atoms with Gasteiger partial charge in [-0.1, -0.05) is 31.4 Å². The molecule has 2 nitrogen and oxygen atoms in total. The Morgan fingerprint density at radius 2 is 1.95 bits per heavy atom. The van der Waals surface area contributed by atoms with Crippen LogP contribution in [0.2, 0.25) is 0 Å². The van der Waals surface area contributed by atoms with Gasteiger partial charge in [-0.25, -0.2) is 0 Å². The zero-order chi connectivity index (χ0) is 13.2. The summed E-state index contributed by atoms with van der Waals surface area (Å²) in [6, 6.07) is 6.55. The Bertz CT molecular complexity index is 474. The van der Waals surface area contributed by atoms with E-state index in [1.54, 1.807) is 0 Å². The molecule has 3 rings (SSSR count). The van der Waals surface area contributed by atoms with E-state index in [-0.39, 0.29) is 0 Å². The highest BCUT2D eigenvalue weighted by Crippen LogP contribution is 2.32. The van der Waals surface area contributed by atoms with E-state index in [2.05, 4.69) is 30.0 Å². The Hall–Kier alpha value is -1.31. The van der Waals surface area contributed by atoms with Gasteiger partial charge in [0, 0.05) is 18.7 Å². The van der Waals surface area contributed by atoms with Crippen molar-refractivity contribution in [1.29, 1.82) is 0 Å². The first-order valence-corrected chi connectivity index (χ1v) is 7.64. The van der Waals surface area contributed by atoms with Crippen molar-refractivity contribution in [2.45, 2.75) is 51.9 Å². The molecule has 1 saturated carbocycles. The van der Waals surface area contributed by atoms with Gasteiger partial charge in [0.25, 0.3) is 0 Å². The van der Waals surface area contributed by atoms with Crippen molar-refractivity contribution in [3.8, 4) is 0 Å². The molecule has 0 unspecified atom stereocenters. The molecule has 1 aromatic rings. The van der Waals surface area contributed by atoms with Gasteiger partial charge in [-0.2, -0.15) is 0 Å². The third-order valence-corrected chi connectivity index (χ3v) is 4.61. The summed E-state index contributed by atoms with van der Waals surface area (Å²) in [6.45, 7) is 3.05. The zero-order valence-electron chi connectivity index (χ0n) is 11.8. The van der Waals surface area contributed by atoms with Gasteiger partial charge in [-0.15, -0.1) is 0 Å². The summed E-state index contributed by atoms with van der Waals surface area (Å²) in [5, 5.41) is 0. The van der Waals surface area contributed by atoms with E-state index in [0.29, 0.717) is 18.2 Å². The molecule has 0 bridgehead atoms. The second kappa shape index (κ2) is 5.36. The van der Waals surface area contributed by atoms with Crippen LogP contribution in [-0.4, -0.2) is 12.5 Å². The van der Waals surface area contributed by atoms with E-state index in [4.69, 9.17) is 0 Å². The second-order valence-electron chi connectivity index (χ2n) is 6.14. The van der Waals surface area contributed by atoms with Crippen LogP contribution in [0.4, 0.5) is 5.69 Å². The average Bonchev–Trinajstić information content (AvgIpc) is 2.43. The first-order valence-electron chi connectivity index (χ1n) is 7.64. The van der Waals surface area contributed by atoms with Crippen molar-refractivity contribution in [2.75, 3.05) is 11.4 Å². The highest BCUT2D eigenvalue weighted by molar-refractivity contribution is 5.96. The van der Waals surface area contributed by atoms with Crippen LogP contribution in [0.25, 0.3) is 0 Å². The highest BCUT2D eigenvalue weighted by Gasteiger charge is 2.27. The van der Waals surface area contributed by atoms with Crippen LogP contribution in [0.3, 0.4) is 0 Å². The molecule has 0 aromatic heterocycles. The normalized spacial score (nSPS) is 20.5. The lowest BCUT2D eigenvalue weighted by Crippen LogP contribution is -2.39. The van der Waals surface area contributed by atoms with Crippen molar-refractivity contribution < 1.29 is 4.79 Å². The molecule has 1 fully saturated rings. The second-order valence-corrected chi connectivity index (χ2v) is 6.14. The quantitative estimate of drug-likeness (QED) is 0.788. The fourth-order valence-electron chi connectivity index (χ4n) is 3.48. The number of rotatable bonds is 2. The van der Waals surface area contributed by atoms with Gasteiger partial charge in [0.05, 0.1) is 0 Å². The number of hydrogen-bond acceptors (Lipinski definition) is 1. The first-order chi connectivity index (χ1) is 9.24. The van der Waals surface area contributed by atoms with Gasteiger partial charge in [-0.05, 0) is 49.3 Å². The van der Waals surface area contributed by atoms with Gasteiger partial charge < -0.3 is 4.90 Å². The maximum Gasteiger partial charge on any atom is 0.227 e. The highest BCUT2D eigenvalue weighted by atomic mass is 16.2. The summed E-state index contributed by atoms with van der Waals surface area (Å²) in [6.07, 6.45) is 8.25. The molecule has 0 atom stereocenters. The van der Waals surface area contributed by atoms with Crippen LogP contribution in [0, 0.1) is 12.8 Å². The molecule has 0 N–H and O–H groups in total. The number of nitrogens with zero attached hydrogens (tertiary/aromatic N) is 1. The Balaban J connectivity index is 1.83. The Kier molecular flexibility index (Phi) is 3.58. The monoisotopic (exact) mass is 257 g/mol. The molecular formula is C17H23NO. The number of aryl methyl sites for hydroxylation is 2. The average molecular weight is 257 g/mol. The zero-order valence-corrected chi connectivity index (χ0v) is 11.8. The van der Waals surface area contributed by atoms with Crippen LogP contribution in [0.15, 0.2) is 18.2 Å². The van der Waals surface area contributed by atoms with Crippen LogP contribution < -0.4 is 4.90 Å². The summed E-state index contributed by atoms with van der Waals surface area (Å²) >= 11 is 0. The smallest absolute Gasteiger partial charge is 0.227 e. The summed E-state index contributed by atoms with van der Waals surface area (Å²) in [7, 11) is 0. The van der Waals surface area contributed by atoms with Crippen LogP contribution in [0.5, 0.6) is 0 Å². The lowest BCUT2D eigenvalue weighted by Gasteiger charge is -2.34. The third-order valence-electron chi connectivity index (χ3n) is 4.61. The largest absolute Gasteiger partial charge is 0.312 e. The molecule has 1 aliphatic heterocycles. The summed E-state index contributed by atoms with van der Waals surface area (Å²) in [5.74, 6) is 1.04. The number of carbonyl (C=O) groups is 1. The number of fused-ring (bicyclic) bond motifs is 1. The maximum atomic E-state index is 12.3. The lowest BCUT2D eigenvalue weighted by molar-refractivity contribution is -0.119. The van der Waals surface area contributed by atoms with Crippen LogP contribution in [-0.2, 0) is 11.2 Å². The van der Waals surface area contributed by atoms with Crippen LogP contribution in [0.1, 0.15) is 49.7 Å². The first kappa shape index (κ1) is 12.7. The van der Waals surface area contributed by atoms with E-state index >= 15 is 0 Å². The molecule has 0 saturated heterocycles. The van der Waals surface area contributed by atoms with E-state index in [1.165, 1.54) is 48.9 Å². The van der Waals surface area contributed by atoms with Gasteiger partial charge in [0.2, 0.25) is 5.91 Å². The summed E-state index contributed by atoms with van der Waals surface area (Å²) < 4.78 is 0. The summed E-state index contributed by atoms with van der Waals surface area (Å²) in [5.41, 5.74) is 3.78. The van der Waals surface area contributed by atoms with Crippen molar-refractivity contribution in [2.24, 2.45) is 5.92 Å². The minimum atomic E-state index is 0.323. The van der Waals surface area contributed by atoms with Gasteiger partial charge in [0.15, 0.2) is 0 Å².